The standard InChI is InChI=1S/C19H18ClN3O2S/c1-11-12(2)26-19(23-8-4-5-9-23)16(11)18(25)22-13-6-7-15(20)14(10-13)17(24)21-3/h4-10H,1-3H3,(H,21,24)(H,22,25). The number of aromatic nitrogens is 1. The number of carbonyl (C=O) groups is 2. The maximum Gasteiger partial charge on any atom is 0.258 e. The molecular weight excluding hydrogens is 370 g/mol. The van der Waals surface area contributed by atoms with Gasteiger partial charge in [-0.25, -0.2) is 0 Å². The van der Waals surface area contributed by atoms with Crippen LogP contribution in [-0.4, -0.2) is 23.4 Å². The molecule has 5 nitrogen and oxygen atoms in total. The molecule has 0 unspecified atom stereocenters. The molecule has 0 radical (unpaired) electrons. The van der Waals surface area contributed by atoms with Gasteiger partial charge in [-0.05, 0) is 49.7 Å². The van der Waals surface area contributed by atoms with Crippen LogP contribution < -0.4 is 10.6 Å². The number of anilines is 1. The molecule has 0 aliphatic carbocycles. The maximum atomic E-state index is 12.9. The van der Waals surface area contributed by atoms with Crippen molar-refractivity contribution in [3.05, 3.63) is 69.3 Å². The van der Waals surface area contributed by atoms with Crippen LogP contribution in [0.4, 0.5) is 5.69 Å². The van der Waals surface area contributed by atoms with E-state index in [9.17, 15) is 9.59 Å². The first-order chi connectivity index (χ1) is 12.4. The summed E-state index contributed by atoms with van der Waals surface area (Å²) in [5.41, 5.74) is 2.40. The lowest BCUT2D eigenvalue weighted by Gasteiger charge is -2.10. The summed E-state index contributed by atoms with van der Waals surface area (Å²) in [6.07, 6.45) is 3.82. The predicted molar refractivity (Wildman–Crippen MR) is 106 cm³/mol. The molecule has 1 aromatic carbocycles. The van der Waals surface area contributed by atoms with Crippen molar-refractivity contribution in [1.82, 2.24) is 9.88 Å². The van der Waals surface area contributed by atoms with E-state index >= 15 is 0 Å². The third kappa shape index (κ3) is 3.38. The van der Waals surface area contributed by atoms with Gasteiger partial charge in [-0.15, -0.1) is 11.3 Å². The van der Waals surface area contributed by atoms with E-state index in [1.165, 1.54) is 7.05 Å². The Bertz CT molecular complexity index is 977. The molecular formula is C19H18ClN3O2S. The predicted octanol–water partition coefficient (Wildman–Crippen LogP) is 4.42. The molecule has 0 fully saturated rings. The number of nitrogens with zero attached hydrogens (tertiary/aromatic N) is 1. The van der Waals surface area contributed by atoms with Gasteiger partial charge >= 0.3 is 0 Å². The van der Waals surface area contributed by atoms with Crippen LogP contribution in [0.3, 0.4) is 0 Å². The van der Waals surface area contributed by atoms with Crippen molar-refractivity contribution >= 4 is 40.4 Å². The van der Waals surface area contributed by atoms with E-state index in [1.54, 1.807) is 29.5 Å². The summed E-state index contributed by atoms with van der Waals surface area (Å²) in [6.45, 7) is 3.93. The first kappa shape index (κ1) is 18.2. The molecule has 3 aromatic rings. The SMILES string of the molecule is CNC(=O)c1cc(NC(=O)c2c(-n3cccc3)sc(C)c2C)ccc1Cl. The number of carbonyl (C=O) groups excluding carboxylic acids is 2. The van der Waals surface area contributed by atoms with Crippen molar-refractivity contribution in [3.63, 3.8) is 0 Å². The Morgan fingerprint density at radius 2 is 1.81 bits per heavy atom. The van der Waals surface area contributed by atoms with Crippen molar-refractivity contribution in [2.45, 2.75) is 13.8 Å². The normalized spacial score (nSPS) is 10.6. The summed E-state index contributed by atoms with van der Waals surface area (Å²) in [7, 11) is 1.53. The Morgan fingerprint density at radius 1 is 1.12 bits per heavy atom. The van der Waals surface area contributed by atoms with Gasteiger partial charge in [0.1, 0.15) is 5.00 Å². The van der Waals surface area contributed by atoms with Gasteiger partial charge in [0, 0.05) is 30.0 Å². The average molecular weight is 388 g/mol. The molecule has 3 rings (SSSR count). The van der Waals surface area contributed by atoms with E-state index < -0.39 is 0 Å². The van der Waals surface area contributed by atoms with Gasteiger partial charge < -0.3 is 15.2 Å². The second-order valence-electron chi connectivity index (χ2n) is 5.78. The zero-order chi connectivity index (χ0) is 18.8. The van der Waals surface area contributed by atoms with Crippen LogP contribution in [0, 0.1) is 13.8 Å². The molecule has 0 bridgehead atoms. The van der Waals surface area contributed by atoms with Crippen LogP contribution in [0.1, 0.15) is 31.2 Å². The van der Waals surface area contributed by atoms with Crippen LogP contribution in [-0.2, 0) is 0 Å². The first-order valence-electron chi connectivity index (χ1n) is 7.98. The van der Waals surface area contributed by atoms with Crippen LogP contribution in [0.25, 0.3) is 5.00 Å². The van der Waals surface area contributed by atoms with Crippen molar-refractivity contribution in [1.29, 1.82) is 0 Å². The highest BCUT2D eigenvalue weighted by Gasteiger charge is 2.21. The summed E-state index contributed by atoms with van der Waals surface area (Å²) in [5, 5.41) is 6.61. The molecule has 0 saturated carbocycles. The van der Waals surface area contributed by atoms with Gasteiger partial charge in [0.2, 0.25) is 0 Å². The Kier molecular flexibility index (Phi) is 5.15. The molecule has 2 N–H and O–H groups in total. The lowest BCUT2D eigenvalue weighted by atomic mass is 10.1. The number of hydrogen-bond acceptors (Lipinski definition) is 3. The number of nitrogens with one attached hydrogen (secondary N) is 2. The molecule has 0 saturated heterocycles. The molecule has 26 heavy (non-hydrogen) atoms. The number of aryl methyl sites for hydroxylation is 1. The maximum absolute atomic E-state index is 12.9. The van der Waals surface area contributed by atoms with E-state index in [1.807, 2.05) is 42.9 Å². The molecule has 0 aliphatic heterocycles. The summed E-state index contributed by atoms with van der Waals surface area (Å²) in [6, 6.07) is 8.68. The Morgan fingerprint density at radius 3 is 2.46 bits per heavy atom. The van der Waals surface area contributed by atoms with Gasteiger partial charge in [-0.3, -0.25) is 9.59 Å². The van der Waals surface area contributed by atoms with Gasteiger partial charge in [-0.1, -0.05) is 11.6 Å². The zero-order valence-electron chi connectivity index (χ0n) is 14.6. The van der Waals surface area contributed by atoms with Gasteiger partial charge in [0.25, 0.3) is 11.8 Å². The largest absolute Gasteiger partial charge is 0.355 e. The summed E-state index contributed by atoms with van der Waals surface area (Å²) < 4.78 is 1.93. The Hall–Kier alpha value is -2.57. The van der Waals surface area contributed by atoms with E-state index in [2.05, 4.69) is 10.6 Å². The molecule has 0 aliphatic rings. The smallest absolute Gasteiger partial charge is 0.258 e. The Labute approximate surface area is 160 Å². The van der Waals surface area contributed by atoms with Crippen LogP contribution >= 0.6 is 22.9 Å². The summed E-state index contributed by atoms with van der Waals surface area (Å²) in [5.74, 6) is -0.526. The van der Waals surface area contributed by atoms with Gasteiger partial charge in [0.15, 0.2) is 0 Å². The highest BCUT2D eigenvalue weighted by atomic mass is 35.5. The van der Waals surface area contributed by atoms with E-state index in [0.717, 1.165) is 15.4 Å². The monoisotopic (exact) mass is 387 g/mol. The highest BCUT2D eigenvalue weighted by Crippen LogP contribution is 2.32. The van der Waals surface area contributed by atoms with E-state index in [4.69, 9.17) is 11.6 Å². The minimum atomic E-state index is -0.304. The number of hydrogen-bond donors (Lipinski definition) is 2. The third-order valence-corrected chi connectivity index (χ3v) is 5.68. The van der Waals surface area contributed by atoms with E-state index in [-0.39, 0.29) is 11.8 Å². The number of thiophene rings is 1. The second-order valence-corrected chi connectivity index (χ2v) is 7.39. The topological polar surface area (TPSA) is 63.1 Å². The molecule has 134 valence electrons. The lowest BCUT2D eigenvalue weighted by molar-refractivity contribution is 0.0961. The summed E-state index contributed by atoms with van der Waals surface area (Å²) in [4.78, 5) is 25.9. The van der Waals surface area contributed by atoms with Crippen LogP contribution in [0.2, 0.25) is 5.02 Å². The highest BCUT2D eigenvalue weighted by molar-refractivity contribution is 7.15. The molecule has 2 amide bonds. The number of amides is 2. The minimum absolute atomic E-state index is 0.222. The number of halogens is 1. The second kappa shape index (κ2) is 7.35. The Balaban J connectivity index is 1.96. The zero-order valence-corrected chi connectivity index (χ0v) is 16.2. The van der Waals surface area contributed by atoms with E-state index in [0.29, 0.717) is 21.8 Å². The first-order valence-corrected chi connectivity index (χ1v) is 9.18. The van der Waals surface area contributed by atoms with Crippen molar-refractivity contribution in [3.8, 4) is 5.00 Å². The van der Waals surface area contributed by atoms with Gasteiger partial charge in [-0.2, -0.15) is 0 Å². The summed E-state index contributed by atoms with van der Waals surface area (Å²) >= 11 is 7.64. The molecule has 7 heteroatoms. The third-order valence-electron chi connectivity index (χ3n) is 4.13. The van der Waals surface area contributed by atoms with Crippen molar-refractivity contribution < 1.29 is 9.59 Å². The van der Waals surface area contributed by atoms with Gasteiger partial charge in [0.05, 0.1) is 16.1 Å². The number of rotatable bonds is 4. The van der Waals surface area contributed by atoms with Crippen molar-refractivity contribution in [2.24, 2.45) is 0 Å². The quantitative estimate of drug-likeness (QED) is 0.696. The molecule has 2 heterocycles. The van der Waals surface area contributed by atoms with Crippen LogP contribution in [0.5, 0.6) is 0 Å². The van der Waals surface area contributed by atoms with Crippen LogP contribution in [0.15, 0.2) is 42.7 Å². The molecule has 0 atom stereocenters. The fourth-order valence-corrected chi connectivity index (χ4v) is 3.96. The fraction of sp³-hybridized carbons (Fsp3) is 0.158. The molecule has 0 spiro atoms. The minimum Gasteiger partial charge on any atom is -0.355 e. The molecule has 2 aromatic heterocycles. The van der Waals surface area contributed by atoms with Crippen molar-refractivity contribution in [2.75, 3.05) is 12.4 Å². The lowest BCUT2D eigenvalue weighted by Crippen LogP contribution is -2.19. The fourth-order valence-electron chi connectivity index (χ4n) is 2.63. The average Bonchev–Trinajstić information content (AvgIpc) is 3.25. The number of benzene rings is 1.